The van der Waals surface area contributed by atoms with Gasteiger partial charge in [0.2, 0.25) is 5.71 Å². The van der Waals surface area contributed by atoms with E-state index in [-0.39, 0.29) is 5.91 Å². The first-order valence-corrected chi connectivity index (χ1v) is 9.96. The van der Waals surface area contributed by atoms with Gasteiger partial charge in [0.1, 0.15) is 17.9 Å². The molecule has 4 rings (SSSR count). The molecular weight excluding hydrogens is 352 g/mol. The number of aromatic nitrogens is 2. The van der Waals surface area contributed by atoms with Gasteiger partial charge >= 0.3 is 0 Å². The zero-order valence-electron chi connectivity index (χ0n) is 16.5. The standard InChI is InChI=1S/C22H26N4O2/c1-15-6-8-17(9-7-15)10-11-23-21(27)18-16(2)28-22-19(18)20(24-14-25-22)26-12-4-3-5-13-26/h6-9,14H,3-5,10-13H2,1-2H3,(H,23,27). The van der Waals surface area contributed by atoms with Crippen molar-refractivity contribution in [1.29, 1.82) is 0 Å². The molecule has 1 aromatic carbocycles. The predicted octanol–water partition coefficient (Wildman–Crippen LogP) is 3.80. The molecule has 0 aliphatic carbocycles. The minimum atomic E-state index is -0.128. The summed E-state index contributed by atoms with van der Waals surface area (Å²) in [5, 5.41) is 3.77. The number of anilines is 1. The number of hydrogen-bond acceptors (Lipinski definition) is 5. The first-order chi connectivity index (χ1) is 13.6. The van der Waals surface area contributed by atoms with Crippen LogP contribution in [0.2, 0.25) is 0 Å². The third-order valence-electron chi connectivity index (χ3n) is 5.35. The van der Waals surface area contributed by atoms with E-state index in [0.29, 0.717) is 23.6 Å². The average molecular weight is 378 g/mol. The number of piperidine rings is 1. The lowest BCUT2D eigenvalue weighted by Gasteiger charge is -2.28. The molecule has 2 aromatic heterocycles. The van der Waals surface area contributed by atoms with E-state index in [1.165, 1.54) is 23.9 Å². The van der Waals surface area contributed by atoms with E-state index >= 15 is 0 Å². The fraction of sp³-hybridized carbons (Fsp3) is 0.409. The number of furan rings is 1. The number of rotatable bonds is 5. The summed E-state index contributed by atoms with van der Waals surface area (Å²) in [7, 11) is 0. The van der Waals surface area contributed by atoms with Crippen LogP contribution in [-0.2, 0) is 6.42 Å². The molecule has 1 aliphatic heterocycles. The molecule has 0 atom stereocenters. The number of hydrogen-bond donors (Lipinski definition) is 1. The Morgan fingerprint density at radius 3 is 2.61 bits per heavy atom. The average Bonchev–Trinajstić information content (AvgIpc) is 3.06. The van der Waals surface area contributed by atoms with Gasteiger partial charge in [0, 0.05) is 19.6 Å². The fourth-order valence-corrected chi connectivity index (χ4v) is 3.81. The van der Waals surface area contributed by atoms with Gasteiger partial charge in [-0.25, -0.2) is 9.97 Å². The molecule has 6 heteroatoms. The Labute approximate surface area is 165 Å². The van der Waals surface area contributed by atoms with E-state index in [0.717, 1.165) is 43.6 Å². The SMILES string of the molecule is Cc1ccc(CCNC(=O)c2c(C)oc3ncnc(N4CCCCC4)c23)cc1. The highest BCUT2D eigenvalue weighted by Gasteiger charge is 2.25. The monoisotopic (exact) mass is 378 g/mol. The Morgan fingerprint density at radius 1 is 1.11 bits per heavy atom. The third-order valence-corrected chi connectivity index (χ3v) is 5.35. The van der Waals surface area contributed by atoms with Crippen molar-refractivity contribution < 1.29 is 9.21 Å². The van der Waals surface area contributed by atoms with Crippen molar-refractivity contribution in [3.8, 4) is 0 Å². The topological polar surface area (TPSA) is 71.3 Å². The summed E-state index contributed by atoms with van der Waals surface area (Å²) in [4.78, 5) is 24.0. The molecule has 1 aliphatic rings. The van der Waals surface area contributed by atoms with Crippen molar-refractivity contribution in [3.63, 3.8) is 0 Å². The molecule has 0 unspecified atom stereocenters. The van der Waals surface area contributed by atoms with Gasteiger partial charge in [-0.3, -0.25) is 4.79 Å². The van der Waals surface area contributed by atoms with Crippen molar-refractivity contribution in [2.75, 3.05) is 24.5 Å². The van der Waals surface area contributed by atoms with Gasteiger partial charge in [0.15, 0.2) is 0 Å². The lowest BCUT2D eigenvalue weighted by atomic mass is 10.1. The fourth-order valence-electron chi connectivity index (χ4n) is 3.81. The number of nitrogens with one attached hydrogen (secondary N) is 1. The second kappa shape index (κ2) is 8.00. The summed E-state index contributed by atoms with van der Waals surface area (Å²) in [6.07, 6.45) is 5.83. The zero-order valence-corrected chi connectivity index (χ0v) is 16.5. The molecule has 3 heterocycles. The van der Waals surface area contributed by atoms with Crippen LogP contribution in [0.1, 0.15) is 46.5 Å². The molecule has 1 N–H and O–H groups in total. The lowest BCUT2D eigenvalue weighted by Crippen LogP contribution is -2.31. The lowest BCUT2D eigenvalue weighted by molar-refractivity contribution is 0.0954. The highest BCUT2D eigenvalue weighted by atomic mass is 16.3. The normalized spacial score (nSPS) is 14.4. The molecule has 1 saturated heterocycles. The number of carbonyl (C=O) groups is 1. The molecule has 28 heavy (non-hydrogen) atoms. The molecule has 0 spiro atoms. The summed E-state index contributed by atoms with van der Waals surface area (Å²) < 4.78 is 5.79. The van der Waals surface area contributed by atoms with Crippen LogP contribution in [0, 0.1) is 13.8 Å². The molecule has 1 amide bonds. The van der Waals surface area contributed by atoms with Crippen LogP contribution in [0.25, 0.3) is 11.1 Å². The molecule has 0 saturated carbocycles. The Balaban J connectivity index is 1.55. The second-order valence-electron chi connectivity index (χ2n) is 7.45. The van der Waals surface area contributed by atoms with Crippen molar-refractivity contribution in [3.05, 3.63) is 53.0 Å². The summed E-state index contributed by atoms with van der Waals surface area (Å²) in [5.74, 6) is 1.27. The summed E-state index contributed by atoms with van der Waals surface area (Å²) in [6.45, 7) is 6.35. The van der Waals surface area contributed by atoms with Crippen LogP contribution < -0.4 is 10.2 Å². The number of nitrogens with zero attached hydrogens (tertiary/aromatic N) is 3. The Hall–Kier alpha value is -2.89. The van der Waals surface area contributed by atoms with Crippen LogP contribution in [0.3, 0.4) is 0 Å². The molecule has 0 bridgehead atoms. The van der Waals surface area contributed by atoms with Crippen LogP contribution >= 0.6 is 0 Å². The number of carbonyl (C=O) groups excluding carboxylic acids is 1. The van der Waals surface area contributed by atoms with E-state index < -0.39 is 0 Å². The number of amides is 1. The van der Waals surface area contributed by atoms with Gasteiger partial charge < -0.3 is 14.6 Å². The van der Waals surface area contributed by atoms with Gasteiger partial charge in [0.05, 0.1) is 10.9 Å². The largest absolute Gasteiger partial charge is 0.442 e. The van der Waals surface area contributed by atoms with Gasteiger partial charge in [-0.15, -0.1) is 0 Å². The molecule has 1 fully saturated rings. The predicted molar refractivity (Wildman–Crippen MR) is 110 cm³/mol. The first kappa shape index (κ1) is 18.5. The zero-order chi connectivity index (χ0) is 19.5. The molecular formula is C22H26N4O2. The van der Waals surface area contributed by atoms with Gasteiger partial charge in [0.25, 0.3) is 5.91 Å². The molecule has 0 radical (unpaired) electrons. The van der Waals surface area contributed by atoms with Crippen molar-refractivity contribution in [1.82, 2.24) is 15.3 Å². The summed E-state index contributed by atoms with van der Waals surface area (Å²) in [5.41, 5.74) is 3.48. The van der Waals surface area contributed by atoms with Gasteiger partial charge in [-0.2, -0.15) is 0 Å². The Morgan fingerprint density at radius 2 is 1.86 bits per heavy atom. The van der Waals surface area contributed by atoms with Gasteiger partial charge in [-0.1, -0.05) is 29.8 Å². The Kier molecular flexibility index (Phi) is 5.28. The maximum Gasteiger partial charge on any atom is 0.255 e. The van der Waals surface area contributed by atoms with Crippen molar-refractivity contribution in [2.24, 2.45) is 0 Å². The first-order valence-electron chi connectivity index (χ1n) is 9.96. The maximum atomic E-state index is 13.0. The number of aryl methyl sites for hydroxylation is 2. The number of fused-ring (bicyclic) bond motifs is 1. The summed E-state index contributed by atoms with van der Waals surface area (Å²) >= 11 is 0. The minimum Gasteiger partial charge on any atom is -0.442 e. The molecule has 6 nitrogen and oxygen atoms in total. The Bertz CT molecular complexity index is 972. The van der Waals surface area contributed by atoms with E-state index in [2.05, 4.69) is 51.4 Å². The quantitative estimate of drug-likeness (QED) is 0.731. The minimum absolute atomic E-state index is 0.128. The van der Waals surface area contributed by atoms with Crippen molar-refractivity contribution >= 4 is 22.8 Å². The van der Waals surface area contributed by atoms with E-state index in [9.17, 15) is 4.79 Å². The molecule has 146 valence electrons. The second-order valence-corrected chi connectivity index (χ2v) is 7.45. The molecule has 3 aromatic rings. The van der Waals surface area contributed by atoms with Crippen LogP contribution in [0.4, 0.5) is 5.82 Å². The maximum absolute atomic E-state index is 13.0. The third kappa shape index (κ3) is 3.72. The van der Waals surface area contributed by atoms with Crippen LogP contribution in [0.15, 0.2) is 35.0 Å². The van der Waals surface area contributed by atoms with Crippen LogP contribution in [0.5, 0.6) is 0 Å². The highest BCUT2D eigenvalue weighted by molar-refractivity contribution is 6.10. The van der Waals surface area contributed by atoms with E-state index in [1.54, 1.807) is 0 Å². The van der Waals surface area contributed by atoms with E-state index in [1.807, 2.05) is 6.92 Å². The smallest absolute Gasteiger partial charge is 0.255 e. The summed E-state index contributed by atoms with van der Waals surface area (Å²) in [6, 6.07) is 8.38. The number of benzene rings is 1. The van der Waals surface area contributed by atoms with Crippen LogP contribution in [-0.4, -0.2) is 35.5 Å². The highest BCUT2D eigenvalue weighted by Crippen LogP contribution is 2.32. The van der Waals surface area contributed by atoms with Crippen molar-refractivity contribution in [2.45, 2.75) is 39.5 Å². The van der Waals surface area contributed by atoms with Gasteiger partial charge in [-0.05, 0) is 45.1 Å². The van der Waals surface area contributed by atoms with E-state index in [4.69, 9.17) is 4.42 Å².